The molecule has 0 spiro atoms. The van der Waals surface area contributed by atoms with Crippen molar-refractivity contribution in [1.82, 2.24) is 4.98 Å². The van der Waals surface area contributed by atoms with E-state index < -0.39 is 0 Å². The summed E-state index contributed by atoms with van der Waals surface area (Å²) in [5.74, 6) is 0.575. The zero-order valence-corrected chi connectivity index (χ0v) is 12.1. The minimum Gasteiger partial charge on any atom is -0.397 e. The Morgan fingerprint density at radius 1 is 1.53 bits per heavy atom. The van der Waals surface area contributed by atoms with Gasteiger partial charge in [-0.15, -0.1) is 11.3 Å². The standard InChI is InChI=1S/C14H19N3OS/c1-8-5-10(7-18)17(6-8)14-11(15)3-4-12-13(14)16-9(2)19-12/h3-4,8,10,18H,5-7,15H2,1-2H3/t8-,10+/m1/s1. The molecule has 1 saturated heterocycles. The number of hydrogen-bond acceptors (Lipinski definition) is 5. The molecule has 1 aliphatic heterocycles. The number of aryl methyl sites for hydroxylation is 1. The topological polar surface area (TPSA) is 62.4 Å². The van der Waals surface area contributed by atoms with Gasteiger partial charge in [-0.25, -0.2) is 4.98 Å². The van der Waals surface area contributed by atoms with Crippen molar-refractivity contribution in [2.24, 2.45) is 5.92 Å². The Bertz CT molecular complexity index is 610. The summed E-state index contributed by atoms with van der Waals surface area (Å²) in [7, 11) is 0. The highest BCUT2D eigenvalue weighted by Crippen LogP contribution is 2.39. The van der Waals surface area contributed by atoms with Gasteiger partial charge in [-0.2, -0.15) is 0 Å². The first kappa shape index (κ1) is 12.7. The van der Waals surface area contributed by atoms with Crippen LogP contribution in [-0.4, -0.2) is 29.3 Å². The fourth-order valence-electron chi connectivity index (χ4n) is 3.01. The highest BCUT2D eigenvalue weighted by Gasteiger charge is 2.31. The number of rotatable bonds is 2. The molecule has 3 N–H and O–H groups in total. The Kier molecular flexibility index (Phi) is 3.11. The van der Waals surface area contributed by atoms with Gasteiger partial charge in [0.05, 0.1) is 33.7 Å². The van der Waals surface area contributed by atoms with Crippen LogP contribution in [0.4, 0.5) is 11.4 Å². The minimum absolute atomic E-state index is 0.157. The van der Waals surface area contributed by atoms with Crippen LogP contribution in [0.1, 0.15) is 18.4 Å². The molecule has 0 aliphatic carbocycles. The highest BCUT2D eigenvalue weighted by molar-refractivity contribution is 7.18. The molecule has 0 amide bonds. The van der Waals surface area contributed by atoms with Gasteiger partial charge in [-0.05, 0) is 31.4 Å². The molecule has 2 aromatic rings. The van der Waals surface area contributed by atoms with Crippen LogP contribution >= 0.6 is 11.3 Å². The number of aromatic nitrogens is 1. The van der Waals surface area contributed by atoms with Gasteiger partial charge >= 0.3 is 0 Å². The molecule has 1 aliphatic rings. The summed E-state index contributed by atoms with van der Waals surface area (Å²) >= 11 is 1.69. The van der Waals surface area contributed by atoms with E-state index in [1.807, 2.05) is 19.1 Å². The van der Waals surface area contributed by atoms with Crippen molar-refractivity contribution in [1.29, 1.82) is 0 Å². The number of fused-ring (bicyclic) bond motifs is 1. The molecule has 3 rings (SSSR count). The summed E-state index contributed by atoms with van der Waals surface area (Å²) in [5.41, 5.74) is 8.92. The number of anilines is 2. The molecule has 102 valence electrons. The number of nitrogens with zero attached hydrogens (tertiary/aromatic N) is 2. The second-order valence-corrected chi connectivity index (χ2v) is 6.65. The molecular weight excluding hydrogens is 258 g/mol. The smallest absolute Gasteiger partial charge is 0.107 e. The fraction of sp³-hybridized carbons (Fsp3) is 0.500. The largest absolute Gasteiger partial charge is 0.397 e. The van der Waals surface area contributed by atoms with Gasteiger partial charge in [-0.1, -0.05) is 6.92 Å². The zero-order chi connectivity index (χ0) is 13.6. The average Bonchev–Trinajstić information content (AvgIpc) is 2.91. The molecule has 0 radical (unpaired) electrons. The number of aliphatic hydroxyl groups is 1. The SMILES string of the molecule is Cc1nc2c(N3C[C@H](C)C[C@H]3CO)c(N)ccc2s1. The van der Waals surface area contributed by atoms with Gasteiger partial charge < -0.3 is 15.7 Å². The van der Waals surface area contributed by atoms with Crippen LogP contribution in [0.15, 0.2) is 12.1 Å². The van der Waals surface area contributed by atoms with Crippen molar-refractivity contribution >= 4 is 32.9 Å². The van der Waals surface area contributed by atoms with Gasteiger partial charge in [-0.3, -0.25) is 0 Å². The molecule has 1 fully saturated rings. The zero-order valence-electron chi connectivity index (χ0n) is 11.3. The maximum absolute atomic E-state index is 9.58. The lowest BCUT2D eigenvalue weighted by molar-refractivity contribution is 0.264. The summed E-state index contributed by atoms with van der Waals surface area (Å²) in [6, 6.07) is 4.14. The summed E-state index contributed by atoms with van der Waals surface area (Å²) in [6.07, 6.45) is 1.01. The molecule has 2 atom stereocenters. The molecule has 0 saturated carbocycles. The van der Waals surface area contributed by atoms with Crippen molar-refractivity contribution in [3.05, 3.63) is 17.1 Å². The lowest BCUT2D eigenvalue weighted by Crippen LogP contribution is -2.32. The Hall–Kier alpha value is -1.33. The van der Waals surface area contributed by atoms with Crippen LogP contribution in [0, 0.1) is 12.8 Å². The van der Waals surface area contributed by atoms with Gasteiger partial charge in [0.2, 0.25) is 0 Å². The van der Waals surface area contributed by atoms with Crippen molar-refractivity contribution < 1.29 is 5.11 Å². The molecule has 0 unspecified atom stereocenters. The summed E-state index contributed by atoms with van der Waals surface area (Å²) in [6.45, 7) is 5.33. The molecule has 19 heavy (non-hydrogen) atoms. The van der Waals surface area contributed by atoms with Gasteiger partial charge in [0.1, 0.15) is 5.52 Å². The van der Waals surface area contributed by atoms with E-state index >= 15 is 0 Å². The summed E-state index contributed by atoms with van der Waals surface area (Å²) in [5, 5.41) is 10.6. The van der Waals surface area contributed by atoms with Gasteiger partial charge in [0.15, 0.2) is 0 Å². The Morgan fingerprint density at radius 3 is 3.05 bits per heavy atom. The van der Waals surface area contributed by atoms with E-state index in [4.69, 9.17) is 5.73 Å². The van der Waals surface area contributed by atoms with E-state index in [1.165, 1.54) is 0 Å². The molecular formula is C14H19N3OS. The molecule has 4 nitrogen and oxygen atoms in total. The maximum Gasteiger partial charge on any atom is 0.107 e. The first-order valence-corrected chi connectivity index (χ1v) is 7.45. The van der Waals surface area contributed by atoms with Gasteiger partial charge in [0, 0.05) is 6.54 Å². The number of benzene rings is 1. The Balaban J connectivity index is 2.15. The normalized spacial score (nSPS) is 23.4. The maximum atomic E-state index is 9.58. The van der Waals surface area contributed by atoms with Crippen LogP contribution < -0.4 is 10.6 Å². The Morgan fingerprint density at radius 2 is 2.32 bits per heavy atom. The number of nitrogens with two attached hydrogens (primary N) is 1. The number of thiazole rings is 1. The number of nitrogen functional groups attached to an aromatic ring is 1. The second-order valence-electron chi connectivity index (χ2n) is 5.41. The third kappa shape index (κ3) is 2.07. The van der Waals surface area contributed by atoms with Crippen LogP contribution in [0.3, 0.4) is 0 Å². The van der Waals surface area contributed by atoms with Crippen molar-refractivity contribution in [3.8, 4) is 0 Å². The lowest BCUT2D eigenvalue weighted by Gasteiger charge is -2.26. The van der Waals surface area contributed by atoms with Crippen molar-refractivity contribution in [3.63, 3.8) is 0 Å². The van der Waals surface area contributed by atoms with Crippen LogP contribution in [0.2, 0.25) is 0 Å². The molecule has 1 aromatic carbocycles. The predicted molar refractivity (Wildman–Crippen MR) is 80.8 cm³/mol. The number of hydrogen-bond donors (Lipinski definition) is 2. The van der Waals surface area contributed by atoms with E-state index in [2.05, 4.69) is 16.8 Å². The van der Waals surface area contributed by atoms with Crippen molar-refractivity contribution in [2.45, 2.75) is 26.3 Å². The van der Waals surface area contributed by atoms with Crippen LogP contribution in [0.25, 0.3) is 10.2 Å². The average molecular weight is 277 g/mol. The van der Waals surface area contributed by atoms with E-state index in [0.29, 0.717) is 5.92 Å². The van der Waals surface area contributed by atoms with Crippen molar-refractivity contribution in [2.75, 3.05) is 23.8 Å². The van der Waals surface area contributed by atoms with E-state index in [1.54, 1.807) is 11.3 Å². The molecule has 5 heteroatoms. The highest BCUT2D eigenvalue weighted by atomic mass is 32.1. The number of aliphatic hydroxyl groups excluding tert-OH is 1. The monoisotopic (exact) mass is 277 g/mol. The summed E-state index contributed by atoms with van der Waals surface area (Å²) < 4.78 is 1.16. The quantitative estimate of drug-likeness (QED) is 0.827. The van der Waals surface area contributed by atoms with Crippen LogP contribution in [-0.2, 0) is 0 Å². The summed E-state index contributed by atoms with van der Waals surface area (Å²) in [4.78, 5) is 6.87. The Labute approximate surface area is 116 Å². The van der Waals surface area contributed by atoms with E-state index in [0.717, 1.165) is 39.6 Å². The third-order valence-corrected chi connectivity index (χ3v) is 4.73. The minimum atomic E-state index is 0.157. The molecule has 2 heterocycles. The predicted octanol–water partition coefficient (Wildman–Crippen LogP) is 2.39. The van der Waals surface area contributed by atoms with E-state index in [9.17, 15) is 5.11 Å². The second kappa shape index (κ2) is 4.65. The van der Waals surface area contributed by atoms with E-state index in [-0.39, 0.29) is 12.6 Å². The van der Waals surface area contributed by atoms with Crippen LogP contribution in [0.5, 0.6) is 0 Å². The molecule has 1 aromatic heterocycles. The first-order valence-electron chi connectivity index (χ1n) is 6.63. The third-order valence-electron chi connectivity index (χ3n) is 3.79. The molecule has 0 bridgehead atoms. The first-order chi connectivity index (χ1) is 9.10. The fourth-order valence-corrected chi connectivity index (χ4v) is 3.84. The van der Waals surface area contributed by atoms with Gasteiger partial charge in [0.25, 0.3) is 0 Å². The lowest BCUT2D eigenvalue weighted by atomic mass is 10.1.